The average Bonchev–Trinajstić information content (AvgIpc) is 1.45. The second kappa shape index (κ2) is 31.5. The topological polar surface area (TPSA) is 16.3 Å². The first-order chi connectivity index (χ1) is 64.5. The van der Waals surface area contributed by atoms with Crippen molar-refractivity contribution in [3.05, 3.63) is 497 Å². The van der Waals surface area contributed by atoms with Gasteiger partial charge in [0.05, 0.1) is 44.8 Å². The molecule has 25 aromatic rings. The highest BCUT2D eigenvalue weighted by Crippen LogP contribution is 2.51. The highest BCUT2D eigenvalue weighted by molar-refractivity contribution is 6.20. The van der Waals surface area contributed by atoms with Crippen molar-refractivity contribution in [3.63, 3.8) is 0 Å². The zero-order chi connectivity index (χ0) is 85.7. The summed E-state index contributed by atoms with van der Waals surface area (Å²) in [5.74, 6) is 0. The normalized spacial score (nSPS) is 11.7. The molecule has 2 heterocycles. The van der Waals surface area contributed by atoms with Crippen LogP contribution < -0.4 is 9.80 Å². The molecule has 4 nitrogen and oxygen atoms in total. The Morgan fingerprint density at radius 1 is 0.138 bits per heavy atom. The number of aromatic nitrogens is 2. The largest absolute Gasteiger partial charge is 0.309 e. The monoisotopic (exact) mass is 1650 g/mol. The third-order valence-corrected chi connectivity index (χ3v) is 26.8. The molecule has 0 bridgehead atoms. The maximum atomic E-state index is 2.49. The minimum absolute atomic E-state index is 1.06. The van der Waals surface area contributed by atoms with Crippen LogP contribution in [-0.2, 0) is 0 Å². The van der Waals surface area contributed by atoms with Crippen LogP contribution in [0.25, 0.3) is 209 Å². The van der Waals surface area contributed by atoms with Crippen LogP contribution in [0.3, 0.4) is 0 Å². The smallest absolute Gasteiger partial charge is 0.0547 e. The van der Waals surface area contributed by atoms with E-state index in [2.05, 4.69) is 516 Å². The van der Waals surface area contributed by atoms with Crippen LogP contribution in [0.2, 0.25) is 0 Å². The van der Waals surface area contributed by atoms with Crippen molar-refractivity contribution >= 4 is 142 Å². The third-order valence-electron chi connectivity index (χ3n) is 26.8. The van der Waals surface area contributed by atoms with Crippen LogP contribution in [0, 0.1) is 0 Å². The molecule has 23 aromatic carbocycles. The van der Waals surface area contributed by atoms with Gasteiger partial charge in [0, 0.05) is 66.4 Å². The molecular formula is C126H82N4. The zero-order valence-electron chi connectivity index (χ0n) is 71.1. The van der Waals surface area contributed by atoms with E-state index in [1.165, 1.54) is 119 Å². The quantitative estimate of drug-likeness (QED) is 0.0897. The molecule has 0 saturated heterocycles. The molecule has 0 unspecified atom stereocenters. The number of anilines is 6. The van der Waals surface area contributed by atoms with E-state index < -0.39 is 0 Å². The lowest BCUT2D eigenvalue weighted by Gasteiger charge is -2.30. The minimum Gasteiger partial charge on any atom is -0.309 e. The molecule has 0 aliphatic carbocycles. The third kappa shape index (κ3) is 12.9. The maximum absolute atomic E-state index is 2.49. The fourth-order valence-corrected chi connectivity index (χ4v) is 20.8. The molecular weight excluding hydrogens is 1570 g/mol. The maximum Gasteiger partial charge on any atom is 0.0547 e. The fourth-order valence-electron chi connectivity index (χ4n) is 20.8. The molecule has 0 aliphatic rings. The molecule has 0 amide bonds. The highest BCUT2D eigenvalue weighted by Gasteiger charge is 2.27. The van der Waals surface area contributed by atoms with Gasteiger partial charge in [0.1, 0.15) is 0 Å². The molecule has 2 aromatic heterocycles. The van der Waals surface area contributed by atoms with E-state index in [1.807, 2.05) is 0 Å². The Bertz CT molecular complexity index is 8800. The van der Waals surface area contributed by atoms with Crippen molar-refractivity contribution in [2.45, 2.75) is 0 Å². The summed E-state index contributed by atoms with van der Waals surface area (Å²) in [6.07, 6.45) is 0. The molecule has 4 heteroatoms. The van der Waals surface area contributed by atoms with Crippen molar-refractivity contribution in [3.8, 4) is 100 Å². The van der Waals surface area contributed by atoms with Gasteiger partial charge in [-0.05, 0) is 259 Å². The summed E-state index contributed by atoms with van der Waals surface area (Å²) >= 11 is 0. The Hall–Kier alpha value is -17.2. The van der Waals surface area contributed by atoms with Gasteiger partial charge in [-0.2, -0.15) is 0 Å². The molecule has 0 radical (unpaired) electrons. The zero-order valence-corrected chi connectivity index (χ0v) is 71.1. The van der Waals surface area contributed by atoms with Gasteiger partial charge in [-0.15, -0.1) is 0 Å². The predicted octanol–water partition coefficient (Wildman–Crippen LogP) is 35.1. The molecule has 0 atom stereocenters. The van der Waals surface area contributed by atoms with Gasteiger partial charge in [-0.3, -0.25) is 0 Å². The van der Waals surface area contributed by atoms with Crippen LogP contribution >= 0.6 is 0 Å². The van der Waals surface area contributed by atoms with E-state index in [0.717, 1.165) is 123 Å². The van der Waals surface area contributed by atoms with Crippen molar-refractivity contribution in [1.82, 2.24) is 9.13 Å². The second-order valence-electron chi connectivity index (χ2n) is 34.2. The molecule has 0 fully saturated rings. The fraction of sp³-hybridized carbons (Fsp3) is 0. The molecule has 0 N–H and O–H groups in total. The summed E-state index contributed by atoms with van der Waals surface area (Å²) in [7, 11) is 0. The van der Waals surface area contributed by atoms with Crippen molar-refractivity contribution in [2.75, 3.05) is 9.80 Å². The van der Waals surface area contributed by atoms with Gasteiger partial charge in [0.2, 0.25) is 0 Å². The first-order valence-corrected chi connectivity index (χ1v) is 44.8. The van der Waals surface area contributed by atoms with Gasteiger partial charge >= 0.3 is 0 Å². The first kappa shape index (κ1) is 75.4. The molecule has 130 heavy (non-hydrogen) atoms. The SMILES string of the molecule is c1ccc(-c2ccccc2N(c2ccc(-c3ccc4c(ccc5ccc(-c6cccc(-n7c8ccccc8c8c(-c9cccc(-c%10ccccc%10N(c%10ccc(-c%11ccc%12c(ccc%13ccccc%13%12)c%11)cc%10)c%10cc%11ccccc%11c%11ccccc%10%11)c9)cccc87)c6)cc54)c3)cc2)c2ccccc2-c2cccc(-c3cccc4c3c3ccccc3n4-c3ccccc3)c2)cc1. The number of hydrogen-bond donors (Lipinski definition) is 0. The Morgan fingerprint density at radius 2 is 0.462 bits per heavy atom. The Labute approximate surface area is 753 Å². The summed E-state index contributed by atoms with van der Waals surface area (Å²) in [6.45, 7) is 0. The summed E-state index contributed by atoms with van der Waals surface area (Å²) in [6, 6.07) is 184. The number of rotatable bonds is 16. The van der Waals surface area contributed by atoms with E-state index in [0.29, 0.717) is 0 Å². The van der Waals surface area contributed by atoms with Crippen LogP contribution in [0.1, 0.15) is 0 Å². The second-order valence-corrected chi connectivity index (χ2v) is 34.2. The van der Waals surface area contributed by atoms with Gasteiger partial charge in [-0.25, -0.2) is 0 Å². The van der Waals surface area contributed by atoms with Crippen LogP contribution in [0.15, 0.2) is 497 Å². The molecule has 0 saturated carbocycles. The summed E-state index contributed by atoms with van der Waals surface area (Å²) in [4.78, 5) is 4.95. The van der Waals surface area contributed by atoms with E-state index in [9.17, 15) is 0 Å². The van der Waals surface area contributed by atoms with E-state index in [4.69, 9.17) is 0 Å². The number of fused-ring (bicyclic) bond motifs is 15. The predicted molar refractivity (Wildman–Crippen MR) is 553 cm³/mol. The van der Waals surface area contributed by atoms with Gasteiger partial charge in [-0.1, -0.05) is 370 Å². The number of hydrogen-bond acceptors (Lipinski definition) is 2. The van der Waals surface area contributed by atoms with Crippen molar-refractivity contribution < 1.29 is 0 Å². The summed E-state index contributed by atoms with van der Waals surface area (Å²) in [5, 5.41) is 19.6. The lowest BCUT2D eigenvalue weighted by molar-refractivity contribution is 1.18. The number of benzene rings is 23. The average molecular weight is 1650 g/mol. The van der Waals surface area contributed by atoms with Crippen molar-refractivity contribution in [2.24, 2.45) is 0 Å². The van der Waals surface area contributed by atoms with Crippen LogP contribution in [0.4, 0.5) is 34.1 Å². The van der Waals surface area contributed by atoms with Crippen LogP contribution in [0.5, 0.6) is 0 Å². The summed E-state index contributed by atoms with van der Waals surface area (Å²) < 4.78 is 4.87. The molecule has 25 rings (SSSR count). The van der Waals surface area contributed by atoms with Crippen molar-refractivity contribution in [1.29, 1.82) is 0 Å². The molecule has 0 aliphatic heterocycles. The van der Waals surface area contributed by atoms with E-state index in [1.54, 1.807) is 0 Å². The van der Waals surface area contributed by atoms with E-state index >= 15 is 0 Å². The van der Waals surface area contributed by atoms with E-state index in [-0.39, 0.29) is 0 Å². The highest BCUT2D eigenvalue weighted by atomic mass is 15.2. The molecule has 606 valence electrons. The Kier molecular flexibility index (Phi) is 18.3. The van der Waals surface area contributed by atoms with Crippen LogP contribution in [-0.4, -0.2) is 9.13 Å². The standard InChI is InChI=1S/C126H82N4/c1-3-28-85(29-4-1)107-42-13-18-51-117(107)127(118-52-19-14-43-108(118)92-33-23-35-94(78-92)110-49-26-56-122-125(110)114-47-16-21-54-120(114)128(122)99-37-5-2-6-38-99)100-70-64-83(65-71-100)90-69-75-106-98(77-90)63-60-87-58-61-91(81-116(87)106)88-32-25-39-102(80-88)130-121-55-22-17-48-115(121)126-111(50-27-57-123(126)130)95-36-24-34-93(79-95)109-44-15-20-53-119(109)129(124-82-96-31-8-10-41-104(96)112-45-11-12-46-113(112)124)101-72-66-84(67-73-101)89-68-74-105-97(76-89)62-59-86-30-7-9-40-103(86)105/h1-82H. The lowest BCUT2D eigenvalue weighted by Crippen LogP contribution is -2.12. The first-order valence-electron chi connectivity index (χ1n) is 44.8. The Morgan fingerprint density at radius 3 is 1.03 bits per heavy atom. The number of nitrogens with zero attached hydrogens (tertiary/aromatic N) is 4. The molecule has 0 spiro atoms. The van der Waals surface area contributed by atoms with Gasteiger partial charge < -0.3 is 18.9 Å². The van der Waals surface area contributed by atoms with Gasteiger partial charge in [0.25, 0.3) is 0 Å². The number of para-hydroxylation sites is 6. The Balaban J connectivity index is 0.540. The minimum atomic E-state index is 1.06. The van der Waals surface area contributed by atoms with Gasteiger partial charge in [0.15, 0.2) is 0 Å². The summed E-state index contributed by atoms with van der Waals surface area (Å²) in [5.41, 5.74) is 31.9. The lowest BCUT2D eigenvalue weighted by atomic mass is 9.94.